The van der Waals surface area contributed by atoms with Crippen molar-refractivity contribution in [3.63, 3.8) is 0 Å². The number of pyridine rings is 1. The van der Waals surface area contributed by atoms with Gasteiger partial charge in [0, 0.05) is 13.2 Å². The van der Waals surface area contributed by atoms with E-state index in [4.69, 9.17) is 9.47 Å². The Kier molecular flexibility index (Phi) is 6.11. The largest absolute Gasteiger partial charge is 0.492 e. The van der Waals surface area contributed by atoms with E-state index >= 15 is 0 Å². The molecule has 0 aromatic carbocycles. The molecule has 1 aromatic heterocycles. The number of aromatic nitrogens is 1. The van der Waals surface area contributed by atoms with Crippen LogP contribution >= 0.6 is 0 Å². The molecule has 1 N–H and O–H groups in total. The van der Waals surface area contributed by atoms with E-state index in [2.05, 4.69) is 17.2 Å². The zero-order valence-electron chi connectivity index (χ0n) is 11.7. The Balaban J connectivity index is 1.62. The van der Waals surface area contributed by atoms with Gasteiger partial charge >= 0.3 is 0 Å². The van der Waals surface area contributed by atoms with Crippen molar-refractivity contribution in [2.24, 2.45) is 0 Å². The zero-order chi connectivity index (χ0) is 13.3. The summed E-state index contributed by atoms with van der Waals surface area (Å²) in [5.74, 6) is 0.854. The molecule has 4 heteroatoms. The Morgan fingerprint density at radius 1 is 1.47 bits per heavy atom. The van der Waals surface area contributed by atoms with Gasteiger partial charge in [-0.2, -0.15) is 0 Å². The van der Waals surface area contributed by atoms with E-state index in [0.717, 1.165) is 50.6 Å². The van der Waals surface area contributed by atoms with E-state index in [1.54, 1.807) is 6.20 Å². The first-order valence-corrected chi connectivity index (χ1v) is 7.28. The molecule has 0 amide bonds. The molecule has 0 radical (unpaired) electrons. The molecule has 1 unspecified atom stereocenters. The minimum absolute atomic E-state index is 0.462. The molecule has 0 aliphatic carbocycles. The van der Waals surface area contributed by atoms with Crippen LogP contribution in [0.1, 0.15) is 38.3 Å². The molecule has 1 saturated heterocycles. The van der Waals surface area contributed by atoms with Gasteiger partial charge in [0.1, 0.15) is 5.75 Å². The van der Waals surface area contributed by atoms with Gasteiger partial charge in [-0.15, -0.1) is 0 Å². The quantitative estimate of drug-likeness (QED) is 0.733. The average Bonchev–Trinajstić information content (AvgIpc) is 2.96. The van der Waals surface area contributed by atoms with E-state index < -0.39 is 0 Å². The maximum absolute atomic E-state index is 5.69. The smallest absolute Gasteiger partial charge is 0.137 e. The minimum atomic E-state index is 0.462. The van der Waals surface area contributed by atoms with Crippen molar-refractivity contribution in [3.8, 4) is 5.75 Å². The highest BCUT2D eigenvalue weighted by atomic mass is 16.5. The Bertz CT molecular complexity index is 348. The van der Waals surface area contributed by atoms with E-state index in [1.807, 2.05) is 12.1 Å². The SMILES string of the molecule is CCNCc1ccc(OCCCC2CCCO2)cn1. The predicted molar refractivity (Wildman–Crippen MR) is 75.3 cm³/mol. The molecule has 1 aliphatic rings. The molecule has 0 spiro atoms. The summed E-state index contributed by atoms with van der Waals surface area (Å²) >= 11 is 0. The van der Waals surface area contributed by atoms with Gasteiger partial charge in [-0.25, -0.2) is 0 Å². The molecule has 2 heterocycles. The third-order valence-corrected chi connectivity index (χ3v) is 3.32. The van der Waals surface area contributed by atoms with Crippen LogP contribution < -0.4 is 10.1 Å². The summed E-state index contributed by atoms with van der Waals surface area (Å²) in [6.07, 6.45) is 6.84. The summed E-state index contributed by atoms with van der Waals surface area (Å²) in [6, 6.07) is 4.00. The van der Waals surface area contributed by atoms with E-state index in [1.165, 1.54) is 12.8 Å². The molecular weight excluding hydrogens is 240 g/mol. The summed E-state index contributed by atoms with van der Waals surface area (Å²) in [5, 5.41) is 3.25. The molecule has 1 fully saturated rings. The number of nitrogens with zero attached hydrogens (tertiary/aromatic N) is 1. The van der Waals surface area contributed by atoms with E-state index in [9.17, 15) is 0 Å². The molecule has 19 heavy (non-hydrogen) atoms. The van der Waals surface area contributed by atoms with Gasteiger partial charge < -0.3 is 14.8 Å². The van der Waals surface area contributed by atoms with Gasteiger partial charge in [-0.05, 0) is 44.4 Å². The third kappa shape index (κ3) is 5.17. The molecule has 2 rings (SSSR count). The first-order valence-electron chi connectivity index (χ1n) is 7.28. The normalized spacial score (nSPS) is 18.7. The first-order chi connectivity index (χ1) is 9.38. The van der Waals surface area contributed by atoms with Crippen LogP contribution in [0, 0.1) is 0 Å². The summed E-state index contributed by atoms with van der Waals surface area (Å²) in [7, 11) is 0. The molecule has 106 valence electrons. The average molecular weight is 264 g/mol. The van der Waals surface area contributed by atoms with Gasteiger partial charge in [0.05, 0.1) is 24.6 Å². The van der Waals surface area contributed by atoms with Crippen molar-refractivity contribution < 1.29 is 9.47 Å². The number of ether oxygens (including phenoxy) is 2. The predicted octanol–water partition coefficient (Wildman–Crippen LogP) is 2.53. The summed E-state index contributed by atoms with van der Waals surface area (Å²) in [4.78, 5) is 4.36. The molecule has 0 saturated carbocycles. The van der Waals surface area contributed by atoms with Crippen molar-refractivity contribution in [1.29, 1.82) is 0 Å². The standard InChI is InChI=1S/C15H24N2O2/c1-2-16-11-13-7-8-15(12-17-13)19-10-4-6-14-5-3-9-18-14/h7-8,12,14,16H,2-6,9-11H2,1H3. The van der Waals surface area contributed by atoms with Crippen LogP contribution in [0.25, 0.3) is 0 Å². The molecule has 1 atom stereocenters. The van der Waals surface area contributed by atoms with Gasteiger partial charge in [-0.3, -0.25) is 4.98 Å². The maximum Gasteiger partial charge on any atom is 0.137 e. The lowest BCUT2D eigenvalue weighted by molar-refractivity contribution is 0.0981. The monoisotopic (exact) mass is 264 g/mol. The summed E-state index contributed by atoms with van der Waals surface area (Å²) < 4.78 is 11.3. The van der Waals surface area contributed by atoms with E-state index in [0.29, 0.717) is 6.10 Å². The lowest BCUT2D eigenvalue weighted by Crippen LogP contribution is -2.12. The van der Waals surface area contributed by atoms with Crippen LogP contribution in [0.15, 0.2) is 18.3 Å². The zero-order valence-corrected chi connectivity index (χ0v) is 11.7. The lowest BCUT2D eigenvalue weighted by atomic mass is 10.1. The highest BCUT2D eigenvalue weighted by molar-refractivity contribution is 5.19. The third-order valence-electron chi connectivity index (χ3n) is 3.32. The molecule has 1 aliphatic heterocycles. The van der Waals surface area contributed by atoms with Gasteiger partial charge in [-0.1, -0.05) is 6.92 Å². The van der Waals surface area contributed by atoms with Crippen molar-refractivity contribution in [1.82, 2.24) is 10.3 Å². The number of hydrogen-bond acceptors (Lipinski definition) is 4. The molecule has 0 bridgehead atoms. The number of rotatable bonds is 8. The Morgan fingerprint density at radius 2 is 2.42 bits per heavy atom. The van der Waals surface area contributed by atoms with Crippen molar-refractivity contribution in [3.05, 3.63) is 24.0 Å². The Labute approximate surface area is 115 Å². The van der Waals surface area contributed by atoms with Gasteiger partial charge in [0.25, 0.3) is 0 Å². The molecular formula is C15H24N2O2. The summed E-state index contributed by atoms with van der Waals surface area (Å²) in [6.45, 7) is 5.54. The van der Waals surface area contributed by atoms with Crippen LogP contribution in [-0.2, 0) is 11.3 Å². The fraction of sp³-hybridized carbons (Fsp3) is 0.667. The fourth-order valence-corrected chi connectivity index (χ4v) is 2.23. The van der Waals surface area contributed by atoms with Crippen LogP contribution in [0.3, 0.4) is 0 Å². The van der Waals surface area contributed by atoms with Crippen molar-refractivity contribution in [2.75, 3.05) is 19.8 Å². The molecule has 1 aromatic rings. The second-order valence-corrected chi connectivity index (χ2v) is 4.89. The van der Waals surface area contributed by atoms with E-state index in [-0.39, 0.29) is 0 Å². The summed E-state index contributed by atoms with van der Waals surface area (Å²) in [5.41, 5.74) is 1.05. The lowest BCUT2D eigenvalue weighted by Gasteiger charge is -2.10. The second kappa shape index (κ2) is 8.12. The fourth-order valence-electron chi connectivity index (χ4n) is 2.23. The number of hydrogen-bond donors (Lipinski definition) is 1. The van der Waals surface area contributed by atoms with Crippen molar-refractivity contribution >= 4 is 0 Å². The maximum atomic E-state index is 5.69. The number of nitrogens with one attached hydrogen (secondary N) is 1. The van der Waals surface area contributed by atoms with Crippen LogP contribution in [0.5, 0.6) is 5.75 Å². The second-order valence-electron chi connectivity index (χ2n) is 4.89. The first kappa shape index (κ1) is 14.3. The minimum Gasteiger partial charge on any atom is -0.492 e. The van der Waals surface area contributed by atoms with Gasteiger partial charge in [0.15, 0.2) is 0 Å². The van der Waals surface area contributed by atoms with Crippen molar-refractivity contribution in [2.45, 2.75) is 45.3 Å². The highest BCUT2D eigenvalue weighted by Crippen LogP contribution is 2.17. The Hall–Kier alpha value is -1.13. The van der Waals surface area contributed by atoms with Crippen LogP contribution in [-0.4, -0.2) is 30.8 Å². The Morgan fingerprint density at radius 3 is 3.11 bits per heavy atom. The molecule has 4 nitrogen and oxygen atoms in total. The highest BCUT2D eigenvalue weighted by Gasteiger charge is 2.14. The van der Waals surface area contributed by atoms with Crippen LogP contribution in [0.2, 0.25) is 0 Å². The topological polar surface area (TPSA) is 43.4 Å². The van der Waals surface area contributed by atoms with Gasteiger partial charge in [0.2, 0.25) is 0 Å². The van der Waals surface area contributed by atoms with Crippen LogP contribution in [0.4, 0.5) is 0 Å².